The molecule has 2 aromatic carbocycles. The number of hydrogen-bond acceptors (Lipinski definition) is 5. The van der Waals surface area contributed by atoms with E-state index in [-0.39, 0.29) is 10.7 Å². The topological polar surface area (TPSA) is 72.8 Å². The second kappa shape index (κ2) is 7.64. The zero-order chi connectivity index (χ0) is 21.4. The number of carbonyl (C=O) groups excluding carboxylic acids is 2. The Balaban J connectivity index is 1.83. The van der Waals surface area contributed by atoms with Gasteiger partial charge in [0.25, 0.3) is 11.8 Å². The van der Waals surface area contributed by atoms with Gasteiger partial charge in [0.05, 0.1) is 19.9 Å². The van der Waals surface area contributed by atoms with Gasteiger partial charge in [-0.3, -0.25) is 14.9 Å². The molecule has 152 valence electrons. The molecule has 3 aromatic rings. The van der Waals surface area contributed by atoms with Crippen LogP contribution >= 0.6 is 12.2 Å². The van der Waals surface area contributed by atoms with Crippen LogP contribution < -0.4 is 19.7 Å². The number of benzene rings is 2. The molecular weight excluding hydrogens is 402 g/mol. The van der Waals surface area contributed by atoms with Crippen LogP contribution in [0.2, 0.25) is 0 Å². The Morgan fingerprint density at radius 3 is 2.57 bits per heavy atom. The highest BCUT2D eigenvalue weighted by atomic mass is 32.1. The van der Waals surface area contributed by atoms with Crippen molar-refractivity contribution in [1.29, 1.82) is 0 Å². The van der Waals surface area contributed by atoms with Gasteiger partial charge >= 0.3 is 0 Å². The van der Waals surface area contributed by atoms with E-state index in [4.69, 9.17) is 21.7 Å². The van der Waals surface area contributed by atoms with E-state index in [0.717, 1.165) is 16.5 Å². The summed E-state index contributed by atoms with van der Waals surface area (Å²) in [4.78, 5) is 27.3. The van der Waals surface area contributed by atoms with Crippen molar-refractivity contribution >= 4 is 51.8 Å². The number of carbonyl (C=O) groups is 2. The van der Waals surface area contributed by atoms with Crippen LogP contribution in [0, 0.1) is 0 Å². The highest BCUT2D eigenvalue weighted by Crippen LogP contribution is 2.35. The van der Waals surface area contributed by atoms with Crippen LogP contribution in [0.4, 0.5) is 5.69 Å². The maximum atomic E-state index is 13.4. The second-order valence-electron chi connectivity index (χ2n) is 6.71. The number of thiocarbonyl (C=S) groups is 1. The Hall–Kier alpha value is -3.65. The quantitative estimate of drug-likeness (QED) is 0.398. The zero-order valence-electron chi connectivity index (χ0n) is 16.6. The highest BCUT2D eigenvalue weighted by Gasteiger charge is 2.36. The third kappa shape index (κ3) is 3.21. The number of rotatable bonds is 4. The number of anilines is 1. The van der Waals surface area contributed by atoms with E-state index < -0.39 is 11.8 Å². The Labute approximate surface area is 178 Å². The van der Waals surface area contributed by atoms with Gasteiger partial charge in [-0.25, -0.2) is 4.90 Å². The number of ether oxygens (including phenoxy) is 2. The van der Waals surface area contributed by atoms with Crippen molar-refractivity contribution in [3.05, 3.63) is 59.8 Å². The first-order valence-electron chi connectivity index (χ1n) is 9.12. The lowest BCUT2D eigenvalue weighted by atomic mass is 10.1. The van der Waals surface area contributed by atoms with E-state index in [9.17, 15) is 9.59 Å². The van der Waals surface area contributed by atoms with Crippen LogP contribution in [-0.2, 0) is 16.6 Å². The van der Waals surface area contributed by atoms with Crippen molar-refractivity contribution in [2.24, 2.45) is 7.05 Å². The predicted octanol–water partition coefficient (Wildman–Crippen LogP) is 3.03. The minimum atomic E-state index is -0.545. The minimum Gasteiger partial charge on any atom is -0.497 e. The molecule has 2 amide bonds. The predicted molar refractivity (Wildman–Crippen MR) is 119 cm³/mol. The minimum absolute atomic E-state index is 0.0216. The third-order valence-corrected chi connectivity index (χ3v) is 5.24. The lowest BCUT2D eigenvalue weighted by Gasteiger charge is -2.30. The standard InChI is InChI=1S/C22H19N3O4S/c1-24-12-13(15-6-4-5-7-17(15)24)10-16-20(26)23-22(30)25(21(16)27)18-11-14(28-2)8-9-19(18)29-3/h4-12H,1-3H3,(H,23,26,30). The number of para-hydroxylation sites is 1. The Bertz CT molecular complexity index is 1230. The van der Waals surface area contributed by atoms with Crippen LogP contribution in [-0.4, -0.2) is 35.7 Å². The van der Waals surface area contributed by atoms with Crippen molar-refractivity contribution < 1.29 is 19.1 Å². The molecule has 0 spiro atoms. The van der Waals surface area contributed by atoms with Gasteiger partial charge in [0.1, 0.15) is 17.1 Å². The van der Waals surface area contributed by atoms with E-state index in [0.29, 0.717) is 17.2 Å². The highest BCUT2D eigenvalue weighted by molar-refractivity contribution is 7.80. The Morgan fingerprint density at radius 1 is 1.07 bits per heavy atom. The zero-order valence-corrected chi connectivity index (χ0v) is 17.4. The molecule has 1 aromatic heterocycles. The molecule has 1 saturated heterocycles. The van der Waals surface area contributed by atoms with Gasteiger partial charge in [-0.15, -0.1) is 0 Å². The maximum Gasteiger partial charge on any atom is 0.270 e. The number of methoxy groups -OCH3 is 2. The summed E-state index contributed by atoms with van der Waals surface area (Å²) in [5.41, 5.74) is 2.12. The molecule has 8 heteroatoms. The van der Waals surface area contributed by atoms with Gasteiger partial charge in [0.2, 0.25) is 0 Å². The van der Waals surface area contributed by atoms with Gasteiger partial charge in [0, 0.05) is 35.8 Å². The SMILES string of the molecule is COc1ccc(OC)c(N2C(=O)C(=Cc3cn(C)c4ccccc34)C(=O)NC2=S)c1. The summed E-state index contributed by atoms with van der Waals surface area (Å²) >= 11 is 5.29. The molecule has 0 atom stereocenters. The van der Waals surface area contributed by atoms with E-state index in [1.807, 2.05) is 42.1 Å². The molecule has 4 rings (SSSR count). The summed E-state index contributed by atoms with van der Waals surface area (Å²) in [7, 11) is 4.93. The van der Waals surface area contributed by atoms with E-state index >= 15 is 0 Å². The fourth-order valence-electron chi connectivity index (χ4n) is 3.49. The average molecular weight is 421 g/mol. The molecule has 1 aliphatic rings. The largest absolute Gasteiger partial charge is 0.497 e. The third-order valence-electron chi connectivity index (χ3n) is 4.96. The number of hydrogen-bond donors (Lipinski definition) is 1. The van der Waals surface area contributed by atoms with E-state index in [2.05, 4.69) is 5.32 Å². The van der Waals surface area contributed by atoms with E-state index in [1.54, 1.807) is 24.3 Å². The first-order valence-corrected chi connectivity index (χ1v) is 9.53. The van der Waals surface area contributed by atoms with Crippen molar-refractivity contribution in [3.63, 3.8) is 0 Å². The first kappa shape index (κ1) is 19.7. The molecule has 0 aliphatic carbocycles. The lowest BCUT2D eigenvalue weighted by molar-refractivity contribution is -0.122. The molecule has 7 nitrogen and oxygen atoms in total. The van der Waals surface area contributed by atoms with Crippen LogP contribution in [0.5, 0.6) is 11.5 Å². The fraction of sp³-hybridized carbons (Fsp3) is 0.136. The van der Waals surface area contributed by atoms with Crippen LogP contribution in [0.25, 0.3) is 17.0 Å². The van der Waals surface area contributed by atoms with Gasteiger partial charge < -0.3 is 14.0 Å². The normalized spacial score (nSPS) is 15.6. The second-order valence-corrected chi connectivity index (χ2v) is 7.09. The summed E-state index contributed by atoms with van der Waals surface area (Å²) in [6.07, 6.45) is 3.46. The van der Waals surface area contributed by atoms with Gasteiger partial charge in [-0.1, -0.05) is 18.2 Å². The summed E-state index contributed by atoms with van der Waals surface area (Å²) in [6, 6.07) is 12.8. The molecule has 0 radical (unpaired) electrons. The Kier molecular flexibility index (Phi) is 5.01. The molecule has 1 aliphatic heterocycles. The summed E-state index contributed by atoms with van der Waals surface area (Å²) in [5.74, 6) is -0.135. The number of nitrogens with zero attached hydrogens (tertiary/aromatic N) is 2. The number of fused-ring (bicyclic) bond motifs is 1. The fourth-order valence-corrected chi connectivity index (χ4v) is 3.77. The molecular formula is C22H19N3O4S. The number of nitrogens with one attached hydrogen (secondary N) is 1. The first-order chi connectivity index (χ1) is 14.4. The molecule has 1 fully saturated rings. The van der Waals surface area contributed by atoms with Gasteiger partial charge in [-0.2, -0.15) is 0 Å². The van der Waals surface area contributed by atoms with Crippen LogP contribution in [0.1, 0.15) is 5.56 Å². The molecule has 0 bridgehead atoms. The number of aryl methyl sites for hydroxylation is 1. The molecule has 0 saturated carbocycles. The number of amides is 2. The smallest absolute Gasteiger partial charge is 0.270 e. The van der Waals surface area contributed by atoms with Gasteiger partial charge in [0.15, 0.2) is 5.11 Å². The summed E-state index contributed by atoms with van der Waals surface area (Å²) in [6.45, 7) is 0. The lowest BCUT2D eigenvalue weighted by Crippen LogP contribution is -2.54. The summed E-state index contributed by atoms with van der Waals surface area (Å²) in [5, 5.41) is 3.51. The van der Waals surface area contributed by atoms with Crippen molar-refractivity contribution in [2.45, 2.75) is 0 Å². The summed E-state index contributed by atoms with van der Waals surface area (Å²) < 4.78 is 12.6. The van der Waals surface area contributed by atoms with Crippen LogP contribution in [0.15, 0.2) is 54.2 Å². The monoisotopic (exact) mass is 421 g/mol. The molecule has 30 heavy (non-hydrogen) atoms. The van der Waals surface area contributed by atoms with Crippen molar-refractivity contribution in [1.82, 2.24) is 9.88 Å². The van der Waals surface area contributed by atoms with E-state index in [1.165, 1.54) is 19.1 Å². The van der Waals surface area contributed by atoms with Crippen molar-refractivity contribution in [2.75, 3.05) is 19.1 Å². The molecule has 0 unspecified atom stereocenters. The van der Waals surface area contributed by atoms with Crippen LogP contribution in [0.3, 0.4) is 0 Å². The average Bonchev–Trinajstić information content (AvgIpc) is 3.06. The molecule has 2 heterocycles. The Morgan fingerprint density at radius 2 is 1.83 bits per heavy atom. The van der Waals surface area contributed by atoms with Crippen molar-refractivity contribution in [3.8, 4) is 11.5 Å². The number of aromatic nitrogens is 1. The van der Waals surface area contributed by atoms with Gasteiger partial charge in [-0.05, 0) is 36.5 Å². The molecule has 1 N–H and O–H groups in total. The maximum absolute atomic E-state index is 13.4.